The summed E-state index contributed by atoms with van der Waals surface area (Å²) in [5, 5.41) is 7.21. The van der Waals surface area contributed by atoms with E-state index in [-0.39, 0.29) is 11.7 Å². The Morgan fingerprint density at radius 2 is 1.97 bits per heavy atom. The number of hydrogen-bond donors (Lipinski definition) is 2. The molecule has 2 N–H and O–H groups in total. The van der Waals surface area contributed by atoms with E-state index in [1.54, 1.807) is 6.21 Å². The summed E-state index contributed by atoms with van der Waals surface area (Å²) in [6.45, 7) is 6.14. The van der Waals surface area contributed by atoms with Crippen molar-refractivity contribution in [2.45, 2.75) is 25.8 Å². The SMILES string of the molecule is Cc1ccc2nc(SCC(=O)N/N=C/c3c(C)[nH]c4ccccc34)cc(C)c2c1. The van der Waals surface area contributed by atoms with Crippen LogP contribution in [0.2, 0.25) is 0 Å². The third-order valence-corrected chi connectivity index (χ3v) is 5.74. The van der Waals surface area contributed by atoms with Crippen LogP contribution in [0.5, 0.6) is 0 Å². The van der Waals surface area contributed by atoms with E-state index < -0.39 is 0 Å². The molecule has 0 atom stereocenters. The number of aromatic amines is 1. The van der Waals surface area contributed by atoms with E-state index in [1.807, 2.05) is 43.3 Å². The maximum atomic E-state index is 12.2. The van der Waals surface area contributed by atoms with Crippen LogP contribution in [0.15, 0.2) is 58.7 Å². The average molecular weight is 403 g/mol. The highest BCUT2D eigenvalue weighted by Crippen LogP contribution is 2.24. The molecule has 1 amide bonds. The summed E-state index contributed by atoms with van der Waals surface area (Å²) < 4.78 is 0. The second kappa shape index (κ2) is 8.09. The number of nitrogens with one attached hydrogen (secondary N) is 2. The zero-order valence-electron chi connectivity index (χ0n) is 16.6. The van der Waals surface area contributed by atoms with E-state index in [0.29, 0.717) is 0 Å². The Morgan fingerprint density at radius 3 is 2.83 bits per heavy atom. The number of hydrazone groups is 1. The van der Waals surface area contributed by atoms with Gasteiger partial charge in [0.25, 0.3) is 0 Å². The molecule has 0 aliphatic carbocycles. The van der Waals surface area contributed by atoms with Crippen LogP contribution in [0, 0.1) is 20.8 Å². The molecule has 0 fully saturated rings. The van der Waals surface area contributed by atoms with Crippen molar-refractivity contribution in [3.8, 4) is 0 Å². The molecule has 0 unspecified atom stereocenters. The summed E-state index contributed by atoms with van der Waals surface area (Å²) in [5.74, 6) is 0.0980. The summed E-state index contributed by atoms with van der Waals surface area (Å²) in [4.78, 5) is 20.2. The molecule has 0 radical (unpaired) electrons. The van der Waals surface area contributed by atoms with Crippen molar-refractivity contribution in [2.24, 2.45) is 5.10 Å². The van der Waals surface area contributed by atoms with Crippen LogP contribution < -0.4 is 5.43 Å². The van der Waals surface area contributed by atoms with Crippen LogP contribution in [-0.2, 0) is 4.79 Å². The number of H-pyrrole nitrogens is 1. The van der Waals surface area contributed by atoms with E-state index in [1.165, 1.54) is 17.3 Å². The van der Waals surface area contributed by atoms with Crippen molar-refractivity contribution >= 4 is 45.7 Å². The number of nitrogens with zero attached hydrogens (tertiary/aromatic N) is 2. The van der Waals surface area contributed by atoms with Gasteiger partial charge in [-0.2, -0.15) is 5.10 Å². The molecule has 6 heteroatoms. The quantitative estimate of drug-likeness (QED) is 0.284. The Kier molecular flexibility index (Phi) is 5.36. The van der Waals surface area contributed by atoms with Crippen LogP contribution in [0.25, 0.3) is 21.8 Å². The van der Waals surface area contributed by atoms with Gasteiger partial charge in [0.1, 0.15) is 0 Å². The molecule has 5 nitrogen and oxygen atoms in total. The van der Waals surface area contributed by atoms with Crippen molar-refractivity contribution in [3.05, 3.63) is 70.9 Å². The monoisotopic (exact) mass is 402 g/mol. The normalized spacial score (nSPS) is 11.6. The fourth-order valence-corrected chi connectivity index (χ4v) is 4.12. The maximum absolute atomic E-state index is 12.2. The lowest BCUT2D eigenvalue weighted by Gasteiger charge is -2.07. The number of pyridine rings is 1. The van der Waals surface area contributed by atoms with Crippen LogP contribution >= 0.6 is 11.8 Å². The molecule has 2 aromatic carbocycles. The number of para-hydroxylation sites is 1. The summed E-state index contributed by atoms with van der Waals surface area (Å²) in [6.07, 6.45) is 1.69. The first-order valence-electron chi connectivity index (χ1n) is 9.41. The highest BCUT2D eigenvalue weighted by Gasteiger charge is 2.08. The fraction of sp³-hybridized carbons (Fsp3) is 0.174. The molecule has 0 bridgehead atoms. The van der Waals surface area contributed by atoms with E-state index in [0.717, 1.165) is 43.7 Å². The minimum absolute atomic E-state index is 0.160. The van der Waals surface area contributed by atoms with Gasteiger partial charge in [-0.3, -0.25) is 4.79 Å². The molecule has 0 aliphatic heterocycles. The smallest absolute Gasteiger partial charge is 0.250 e. The summed E-state index contributed by atoms with van der Waals surface area (Å²) in [7, 11) is 0. The summed E-state index contributed by atoms with van der Waals surface area (Å²) in [6, 6.07) is 16.3. The number of rotatable bonds is 5. The number of benzene rings is 2. The molecule has 146 valence electrons. The molecule has 0 saturated heterocycles. The predicted octanol–water partition coefficient (Wildman–Crippen LogP) is 4.88. The Balaban J connectivity index is 1.40. The number of fused-ring (bicyclic) bond motifs is 2. The molecule has 4 aromatic rings. The summed E-state index contributed by atoms with van der Waals surface area (Å²) in [5.41, 5.74) is 8.99. The fourth-order valence-electron chi connectivity index (χ4n) is 3.36. The van der Waals surface area contributed by atoms with Gasteiger partial charge in [-0.15, -0.1) is 0 Å². The number of amides is 1. The van der Waals surface area contributed by atoms with E-state index in [9.17, 15) is 4.79 Å². The van der Waals surface area contributed by atoms with Crippen molar-refractivity contribution in [2.75, 3.05) is 5.75 Å². The number of carbonyl (C=O) groups is 1. The zero-order valence-corrected chi connectivity index (χ0v) is 17.4. The molecular weight excluding hydrogens is 380 g/mol. The number of carbonyl (C=O) groups excluding carboxylic acids is 1. The molecule has 2 heterocycles. The first-order chi connectivity index (χ1) is 14.0. The second-order valence-corrected chi connectivity index (χ2v) is 8.08. The minimum atomic E-state index is -0.160. The van der Waals surface area contributed by atoms with Crippen molar-refractivity contribution < 1.29 is 4.79 Å². The highest BCUT2D eigenvalue weighted by molar-refractivity contribution is 7.99. The van der Waals surface area contributed by atoms with E-state index in [4.69, 9.17) is 0 Å². The molecular formula is C23H22N4OS. The molecule has 0 saturated carbocycles. The molecule has 0 spiro atoms. The van der Waals surface area contributed by atoms with Crippen molar-refractivity contribution in [1.29, 1.82) is 0 Å². The van der Waals surface area contributed by atoms with Crippen LogP contribution in [0.4, 0.5) is 0 Å². The zero-order chi connectivity index (χ0) is 20.4. The minimum Gasteiger partial charge on any atom is -0.358 e. The van der Waals surface area contributed by atoms with Crippen molar-refractivity contribution in [3.63, 3.8) is 0 Å². The molecule has 29 heavy (non-hydrogen) atoms. The first-order valence-corrected chi connectivity index (χ1v) is 10.4. The van der Waals surface area contributed by atoms with Gasteiger partial charge in [-0.25, -0.2) is 10.4 Å². The Bertz CT molecular complexity index is 1240. The number of aromatic nitrogens is 2. The van der Waals surface area contributed by atoms with Gasteiger partial charge in [0.15, 0.2) is 0 Å². The van der Waals surface area contributed by atoms with E-state index >= 15 is 0 Å². The highest BCUT2D eigenvalue weighted by atomic mass is 32.2. The molecule has 0 aliphatic rings. The standard InChI is InChI=1S/C23H22N4OS/c1-14-8-9-21-18(10-14)15(2)11-23(26-21)29-13-22(28)27-24-12-19-16(3)25-20-7-5-4-6-17(19)20/h4-12,25H,13H2,1-3H3,(H,27,28)/b24-12+. The largest absolute Gasteiger partial charge is 0.358 e. The van der Waals surface area contributed by atoms with Gasteiger partial charge in [0, 0.05) is 27.5 Å². The van der Waals surface area contributed by atoms with E-state index in [2.05, 4.69) is 46.5 Å². The predicted molar refractivity (Wildman–Crippen MR) is 121 cm³/mol. The molecule has 2 aromatic heterocycles. The lowest BCUT2D eigenvalue weighted by atomic mass is 10.1. The third-order valence-electron chi connectivity index (χ3n) is 4.82. The van der Waals surface area contributed by atoms with Crippen LogP contribution in [0.3, 0.4) is 0 Å². The third kappa shape index (κ3) is 4.17. The Hall–Kier alpha value is -3.12. The summed E-state index contributed by atoms with van der Waals surface area (Å²) >= 11 is 1.41. The van der Waals surface area contributed by atoms with Crippen LogP contribution in [0.1, 0.15) is 22.4 Å². The van der Waals surface area contributed by atoms with Crippen molar-refractivity contribution in [1.82, 2.24) is 15.4 Å². The topological polar surface area (TPSA) is 70.1 Å². The first kappa shape index (κ1) is 19.2. The van der Waals surface area contributed by atoms with Crippen LogP contribution in [-0.4, -0.2) is 27.8 Å². The lowest BCUT2D eigenvalue weighted by Crippen LogP contribution is -2.19. The molecule has 4 rings (SSSR count). The number of hydrogen-bond acceptors (Lipinski definition) is 4. The Morgan fingerprint density at radius 1 is 1.14 bits per heavy atom. The van der Waals surface area contributed by atoms with Gasteiger partial charge < -0.3 is 4.98 Å². The van der Waals surface area contributed by atoms with Gasteiger partial charge in [0.2, 0.25) is 5.91 Å². The van der Waals surface area contributed by atoms with Gasteiger partial charge in [0.05, 0.1) is 22.5 Å². The maximum Gasteiger partial charge on any atom is 0.250 e. The van der Waals surface area contributed by atoms with Gasteiger partial charge >= 0.3 is 0 Å². The second-order valence-electron chi connectivity index (χ2n) is 7.09. The lowest BCUT2D eigenvalue weighted by molar-refractivity contribution is -0.118. The van der Waals surface area contributed by atoms with Gasteiger partial charge in [-0.05, 0) is 50.6 Å². The number of thioether (sulfide) groups is 1. The Labute approximate surface area is 173 Å². The average Bonchev–Trinajstić information content (AvgIpc) is 3.02. The number of aryl methyl sites for hydroxylation is 3. The van der Waals surface area contributed by atoms with Gasteiger partial charge in [-0.1, -0.05) is 41.6 Å².